The SMILES string of the molecule is CCC1CCCCN1c1ccc(N)c(C#N)c1. The average Bonchev–Trinajstić information content (AvgIpc) is 2.39. The molecule has 3 nitrogen and oxygen atoms in total. The van der Waals surface area contributed by atoms with E-state index in [0.717, 1.165) is 18.7 Å². The highest BCUT2D eigenvalue weighted by atomic mass is 15.2. The largest absolute Gasteiger partial charge is 0.398 e. The average molecular weight is 229 g/mol. The van der Waals surface area contributed by atoms with E-state index < -0.39 is 0 Å². The summed E-state index contributed by atoms with van der Waals surface area (Å²) in [5.41, 5.74) is 8.05. The number of rotatable bonds is 2. The minimum Gasteiger partial charge on any atom is -0.398 e. The van der Waals surface area contributed by atoms with Gasteiger partial charge in [-0.1, -0.05) is 6.92 Å². The van der Waals surface area contributed by atoms with E-state index in [9.17, 15) is 0 Å². The Hall–Kier alpha value is -1.69. The van der Waals surface area contributed by atoms with Crippen molar-refractivity contribution in [3.63, 3.8) is 0 Å². The molecule has 1 aromatic rings. The predicted octanol–water partition coefficient (Wildman–Crippen LogP) is 2.91. The van der Waals surface area contributed by atoms with Crippen molar-refractivity contribution < 1.29 is 0 Å². The smallest absolute Gasteiger partial charge is 0.101 e. The Kier molecular flexibility index (Phi) is 3.53. The molecule has 0 bridgehead atoms. The lowest BCUT2D eigenvalue weighted by Crippen LogP contribution is -2.39. The first-order valence-electron chi connectivity index (χ1n) is 6.32. The van der Waals surface area contributed by atoms with Gasteiger partial charge in [0.15, 0.2) is 0 Å². The summed E-state index contributed by atoms with van der Waals surface area (Å²) in [5.74, 6) is 0. The first-order chi connectivity index (χ1) is 8.26. The summed E-state index contributed by atoms with van der Waals surface area (Å²) in [4.78, 5) is 2.42. The van der Waals surface area contributed by atoms with E-state index in [2.05, 4.69) is 17.9 Å². The molecule has 0 spiro atoms. The fourth-order valence-electron chi connectivity index (χ4n) is 2.58. The van der Waals surface area contributed by atoms with Crippen LogP contribution >= 0.6 is 0 Å². The third kappa shape index (κ3) is 2.36. The molecular weight excluding hydrogens is 210 g/mol. The van der Waals surface area contributed by atoms with Gasteiger partial charge < -0.3 is 10.6 Å². The zero-order valence-corrected chi connectivity index (χ0v) is 10.3. The molecular formula is C14H19N3. The molecule has 0 aliphatic carbocycles. The van der Waals surface area contributed by atoms with Crippen molar-refractivity contribution in [2.75, 3.05) is 17.2 Å². The van der Waals surface area contributed by atoms with Gasteiger partial charge in [-0.25, -0.2) is 0 Å². The Morgan fingerprint density at radius 2 is 2.29 bits per heavy atom. The summed E-state index contributed by atoms with van der Waals surface area (Å²) in [6.45, 7) is 3.32. The summed E-state index contributed by atoms with van der Waals surface area (Å²) in [5, 5.41) is 9.02. The first kappa shape index (κ1) is 11.8. The molecule has 1 heterocycles. The van der Waals surface area contributed by atoms with Crippen molar-refractivity contribution >= 4 is 11.4 Å². The van der Waals surface area contributed by atoms with E-state index in [-0.39, 0.29) is 0 Å². The molecule has 1 aliphatic rings. The van der Waals surface area contributed by atoms with Crippen LogP contribution in [0, 0.1) is 11.3 Å². The summed E-state index contributed by atoms with van der Waals surface area (Å²) in [6, 6.07) is 8.56. The standard InChI is InChI=1S/C14H19N3/c1-2-12-5-3-4-8-17(12)13-6-7-14(16)11(9-13)10-15/h6-7,9,12H,2-5,8,16H2,1H3. The maximum Gasteiger partial charge on any atom is 0.101 e. The summed E-state index contributed by atoms with van der Waals surface area (Å²) in [7, 11) is 0. The van der Waals surface area contributed by atoms with Gasteiger partial charge in [0.1, 0.15) is 6.07 Å². The minimum absolute atomic E-state index is 0.571. The van der Waals surface area contributed by atoms with Gasteiger partial charge in [-0.3, -0.25) is 0 Å². The maximum atomic E-state index is 9.02. The zero-order chi connectivity index (χ0) is 12.3. The molecule has 0 saturated carbocycles. The molecule has 0 radical (unpaired) electrons. The third-order valence-electron chi connectivity index (χ3n) is 3.59. The van der Waals surface area contributed by atoms with Gasteiger partial charge in [0.05, 0.1) is 5.56 Å². The molecule has 1 fully saturated rings. The van der Waals surface area contributed by atoms with Crippen LogP contribution in [-0.4, -0.2) is 12.6 Å². The number of nitrogens with zero attached hydrogens (tertiary/aromatic N) is 2. The molecule has 0 amide bonds. The van der Waals surface area contributed by atoms with E-state index >= 15 is 0 Å². The molecule has 2 rings (SSSR count). The van der Waals surface area contributed by atoms with Crippen molar-refractivity contribution in [2.45, 2.75) is 38.6 Å². The Morgan fingerprint density at radius 1 is 1.47 bits per heavy atom. The van der Waals surface area contributed by atoms with Crippen molar-refractivity contribution in [2.24, 2.45) is 0 Å². The van der Waals surface area contributed by atoms with Crippen molar-refractivity contribution in [1.82, 2.24) is 0 Å². The van der Waals surface area contributed by atoms with E-state index in [1.54, 1.807) is 0 Å². The fraction of sp³-hybridized carbons (Fsp3) is 0.500. The molecule has 1 aliphatic heterocycles. The van der Waals surface area contributed by atoms with Crippen LogP contribution in [0.5, 0.6) is 0 Å². The molecule has 3 heteroatoms. The number of hydrogen-bond donors (Lipinski definition) is 1. The maximum absolute atomic E-state index is 9.02. The highest BCUT2D eigenvalue weighted by molar-refractivity contribution is 5.63. The van der Waals surface area contributed by atoms with Gasteiger partial charge in [-0.05, 0) is 43.9 Å². The number of anilines is 2. The Bertz CT molecular complexity index is 434. The monoisotopic (exact) mass is 229 g/mol. The van der Waals surface area contributed by atoms with Crippen LogP contribution in [0.25, 0.3) is 0 Å². The Labute approximate surface area is 103 Å². The number of benzene rings is 1. The highest BCUT2D eigenvalue weighted by Gasteiger charge is 2.21. The zero-order valence-electron chi connectivity index (χ0n) is 10.3. The summed E-state index contributed by atoms with van der Waals surface area (Å²) < 4.78 is 0. The van der Waals surface area contributed by atoms with Gasteiger partial charge in [0.25, 0.3) is 0 Å². The van der Waals surface area contributed by atoms with Crippen LogP contribution in [-0.2, 0) is 0 Å². The number of piperidine rings is 1. The number of nitriles is 1. The van der Waals surface area contributed by atoms with Crippen molar-refractivity contribution in [1.29, 1.82) is 5.26 Å². The van der Waals surface area contributed by atoms with E-state index in [1.807, 2.05) is 18.2 Å². The lowest BCUT2D eigenvalue weighted by atomic mass is 9.98. The van der Waals surface area contributed by atoms with Crippen molar-refractivity contribution in [3.05, 3.63) is 23.8 Å². The summed E-state index contributed by atoms with van der Waals surface area (Å²) >= 11 is 0. The number of nitrogen functional groups attached to an aromatic ring is 1. The number of hydrogen-bond acceptors (Lipinski definition) is 3. The molecule has 1 unspecified atom stereocenters. The summed E-state index contributed by atoms with van der Waals surface area (Å²) in [6.07, 6.45) is 4.97. The molecule has 2 N–H and O–H groups in total. The van der Waals surface area contributed by atoms with Gasteiger partial charge in [-0.15, -0.1) is 0 Å². The highest BCUT2D eigenvalue weighted by Crippen LogP contribution is 2.28. The van der Waals surface area contributed by atoms with Crippen LogP contribution < -0.4 is 10.6 Å². The van der Waals surface area contributed by atoms with Gasteiger partial charge in [0, 0.05) is 24.0 Å². The van der Waals surface area contributed by atoms with Crippen LogP contribution in [0.1, 0.15) is 38.2 Å². The topological polar surface area (TPSA) is 53.0 Å². The normalized spacial score (nSPS) is 20.0. The molecule has 0 aromatic heterocycles. The fourth-order valence-corrected chi connectivity index (χ4v) is 2.58. The Balaban J connectivity index is 2.29. The van der Waals surface area contributed by atoms with Crippen molar-refractivity contribution in [3.8, 4) is 6.07 Å². The van der Waals surface area contributed by atoms with Gasteiger partial charge in [-0.2, -0.15) is 5.26 Å². The quantitative estimate of drug-likeness (QED) is 0.793. The lowest BCUT2D eigenvalue weighted by molar-refractivity contribution is 0.450. The lowest BCUT2D eigenvalue weighted by Gasteiger charge is -2.37. The van der Waals surface area contributed by atoms with Crippen LogP contribution in [0.2, 0.25) is 0 Å². The molecule has 17 heavy (non-hydrogen) atoms. The molecule has 90 valence electrons. The number of nitrogens with two attached hydrogens (primary N) is 1. The van der Waals surface area contributed by atoms with Crippen LogP contribution in [0.15, 0.2) is 18.2 Å². The van der Waals surface area contributed by atoms with Gasteiger partial charge >= 0.3 is 0 Å². The second kappa shape index (κ2) is 5.09. The molecule has 1 saturated heterocycles. The van der Waals surface area contributed by atoms with E-state index in [4.69, 9.17) is 11.0 Å². The van der Waals surface area contributed by atoms with Gasteiger partial charge in [0.2, 0.25) is 0 Å². The second-order valence-corrected chi connectivity index (χ2v) is 4.63. The minimum atomic E-state index is 0.571. The third-order valence-corrected chi connectivity index (χ3v) is 3.59. The molecule has 1 aromatic carbocycles. The second-order valence-electron chi connectivity index (χ2n) is 4.63. The first-order valence-corrected chi connectivity index (χ1v) is 6.32. The van der Waals surface area contributed by atoms with Crippen LogP contribution in [0.3, 0.4) is 0 Å². The van der Waals surface area contributed by atoms with E-state index in [1.165, 1.54) is 19.3 Å². The van der Waals surface area contributed by atoms with E-state index in [0.29, 0.717) is 17.3 Å². The predicted molar refractivity (Wildman–Crippen MR) is 70.8 cm³/mol. The van der Waals surface area contributed by atoms with Crippen LogP contribution in [0.4, 0.5) is 11.4 Å². The molecule has 1 atom stereocenters. The Morgan fingerprint density at radius 3 is 3.00 bits per heavy atom.